The second kappa shape index (κ2) is 6.48. The molecule has 2 N–H and O–H groups in total. The molecule has 6 heteroatoms. The van der Waals surface area contributed by atoms with Gasteiger partial charge in [0.25, 0.3) is 0 Å². The fraction of sp³-hybridized carbons (Fsp3) is 0.150. The first-order valence-corrected chi connectivity index (χ1v) is 8.36. The normalized spacial score (nSPS) is 13.3. The molecule has 2 amide bonds. The smallest absolute Gasteiger partial charge is 0.313 e. The number of carbonyl (C=O) groups is 2. The highest BCUT2D eigenvalue weighted by Gasteiger charge is 2.26. The molecule has 3 aromatic rings. The molecule has 1 aliphatic rings. The molecule has 2 heterocycles. The molecule has 4 rings (SSSR count). The fourth-order valence-electron chi connectivity index (χ4n) is 3.20. The number of benzene rings is 2. The second-order valence-electron chi connectivity index (χ2n) is 6.29. The summed E-state index contributed by atoms with van der Waals surface area (Å²) in [6.07, 6.45) is 2.37. The van der Waals surface area contributed by atoms with Crippen molar-refractivity contribution in [3.8, 4) is 5.75 Å². The van der Waals surface area contributed by atoms with E-state index in [9.17, 15) is 14.7 Å². The van der Waals surface area contributed by atoms with Gasteiger partial charge in [-0.05, 0) is 53.9 Å². The Labute approximate surface area is 150 Å². The third-order valence-corrected chi connectivity index (χ3v) is 4.54. The summed E-state index contributed by atoms with van der Waals surface area (Å²) < 4.78 is 0. The number of hydrogen-bond acceptors (Lipinski definition) is 4. The van der Waals surface area contributed by atoms with Crippen LogP contribution in [0.5, 0.6) is 5.75 Å². The highest BCUT2D eigenvalue weighted by molar-refractivity contribution is 6.39. The summed E-state index contributed by atoms with van der Waals surface area (Å²) in [5, 5.41) is 13.2. The van der Waals surface area contributed by atoms with Crippen LogP contribution in [0.15, 0.2) is 54.7 Å². The van der Waals surface area contributed by atoms with Crippen LogP contribution in [-0.4, -0.2) is 33.3 Å². The Morgan fingerprint density at radius 2 is 1.96 bits per heavy atom. The first kappa shape index (κ1) is 16.1. The van der Waals surface area contributed by atoms with E-state index >= 15 is 0 Å². The summed E-state index contributed by atoms with van der Waals surface area (Å²) in [5.74, 6) is -1.09. The number of nitrogens with one attached hydrogen (secondary N) is 1. The molecule has 0 atom stereocenters. The van der Waals surface area contributed by atoms with Gasteiger partial charge in [0, 0.05) is 30.4 Å². The van der Waals surface area contributed by atoms with E-state index in [1.165, 1.54) is 4.90 Å². The number of fused-ring (bicyclic) bond motifs is 2. The summed E-state index contributed by atoms with van der Waals surface area (Å²) in [4.78, 5) is 30.6. The SMILES string of the molecule is O=C(Nc1ccc2ncccc2c1)C(=O)N1CCc2ccc(O)cc2C1. The first-order valence-electron chi connectivity index (χ1n) is 8.36. The Morgan fingerprint density at radius 1 is 1.08 bits per heavy atom. The van der Waals surface area contributed by atoms with E-state index in [2.05, 4.69) is 10.3 Å². The van der Waals surface area contributed by atoms with Gasteiger partial charge < -0.3 is 15.3 Å². The van der Waals surface area contributed by atoms with E-state index in [-0.39, 0.29) is 5.75 Å². The lowest BCUT2D eigenvalue weighted by atomic mass is 9.99. The van der Waals surface area contributed by atoms with Gasteiger partial charge >= 0.3 is 11.8 Å². The molecule has 2 aromatic carbocycles. The quantitative estimate of drug-likeness (QED) is 0.663. The van der Waals surface area contributed by atoms with Crippen molar-refractivity contribution in [2.24, 2.45) is 0 Å². The first-order chi connectivity index (χ1) is 12.6. The summed E-state index contributed by atoms with van der Waals surface area (Å²) in [7, 11) is 0. The number of aromatic nitrogens is 1. The molecule has 1 aromatic heterocycles. The minimum absolute atomic E-state index is 0.160. The zero-order chi connectivity index (χ0) is 18.1. The number of amides is 2. The van der Waals surface area contributed by atoms with Crippen LogP contribution in [0, 0.1) is 0 Å². The third-order valence-electron chi connectivity index (χ3n) is 4.54. The summed E-state index contributed by atoms with van der Waals surface area (Å²) in [6.45, 7) is 0.795. The van der Waals surface area contributed by atoms with Gasteiger partial charge in [-0.25, -0.2) is 0 Å². The number of anilines is 1. The average Bonchev–Trinajstić information content (AvgIpc) is 2.66. The third kappa shape index (κ3) is 3.09. The van der Waals surface area contributed by atoms with Gasteiger partial charge in [0.05, 0.1) is 5.52 Å². The van der Waals surface area contributed by atoms with Crippen molar-refractivity contribution in [1.29, 1.82) is 0 Å². The molecule has 0 fully saturated rings. The van der Waals surface area contributed by atoms with Gasteiger partial charge in [-0.15, -0.1) is 0 Å². The number of carbonyl (C=O) groups excluding carboxylic acids is 2. The number of hydrogen-bond donors (Lipinski definition) is 2. The Morgan fingerprint density at radius 3 is 2.85 bits per heavy atom. The molecular formula is C20H17N3O3. The van der Waals surface area contributed by atoms with Crippen LogP contribution in [0.4, 0.5) is 5.69 Å². The Balaban J connectivity index is 1.48. The van der Waals surface area contributed by atoms with Crippen molar-refractivity contribution in [3.63, 3.8) is 0 Å². The van der Waals surface area contributed by atoms with Crippen molar-refractivity contribution in [3.05, 3.63) is 65.9 Å². The monoisotopic (exact) mass is 347 g/mol. The standard InChI is InChI=1S/C20H17N3O3/c24-17-5-3-13-7-9-23(12-15(13)11-17)20(26)19(25)22-16-4-6-18-14(10-16)2-1-8-21-18/h1-6,8,10-11,24H,7,9,12H2,(H,22,25). The van der Waals surface area contributed by atoms with Crippen LogP contribution in [0.25, 0.3) is 10.9 Å². The zero-order valence-corrected chi connectivity index (χ0v) is 14.0. The van der Waals surface area contributed by atoms with Crippen LogP contribution in [0.2, 0.25) is 0 Å². The Kier molecular flexibility index (Phi) is 4.01. The topological polar surface area (TPSA) is 82.5 Å². The van der Waals surface area contributed by atoms with Gasteiger partial charge in [0.1, 0.15) is 5.75 Å². The minimum Gasteiger partial charge on any atom is -0.508 e. The molecule has 0 unspecified atom stereocenters. The number of phenols is 1. The second-order valence-corrected chi connectivity index (χ2v) is 6.29. The predicted molar refractivity (Wildman–Crippen MR) is 97.6 cm³/mol. The number of aromatic hydroxyl groups is 1. The van der Waals surface area contributed by atoms with Crippen molar-refractivity contribution >= 4 is 28.4 Å². The molecular weight excluding hydrogens is 330 g/mol. The van der Waals surface area contributed by atoms with Crippen LogP contribution in [-0.2, 0) is 22.6 Å². The molecule has 1 aliphatic heterocycles. The molecule has 6 nitrogen and oxygen atoms in total. The predicted octanol–water partition coefficient (Wildman–Crippen LogP) is 2.46. The summed E-state index contributed by atoms with van der Waals surface area (Å²) in [6, 6.07) is 14.2. The highest BCUT2D eigenvalue weighted by atomic mass is 16.3. The largest absolute Gasteiger partial charge is 0.508 e. The van der Waals surface area contributed by atoms with E-state index in [0.29, 0.717) is 25.2 Å². The zero-order valence-electron chi connectivity index (χ0n) is 14.0. The van der Waals surface area contributed by atoms with Crippen LogP contribution < -0.4 is 5.32 Å². The van der Waals surface area contributed by atoms with Gasteiger partial charge in [-0.2, -0.15) is 0 Å². The number of phenolic OH excluding ortho intramolecular Hbond substituents is 1. The number of rotatable bonds is 1. The lowest BCUT2D eigenvalue weighted by Gasteiger charge is -2.28. The molecule has 26 heavy (non-hydrogen) atoms. The van der Waals surface area contributed by atoms with E-state index in [0.717, 1.165) is 22.0 Å². The number of nitrogens with zero attached hydrogens (tertiary/aromatic N) is 2. The maximum atomic E-state index is 12.5. The Hall–Kier alpha value is -3.41. The maximum absolute atomic E-state index is 12.5. The van der Waals surface area contributed by atoms with Crippen LogP contribution in [0.1, 0.15) is 11.1 Å². The molecule has 0 saturated heterocycles. The van der Waals surface area contributed by atoms with Gasteiger partial charge in [0.2, 0.25) is 0 Å². The van der Waals surface area contributed by atoms with Crippen molar-refractivity contribution < 1.29 is 14.7 Å². The van der Waals surface area contributed by atoms with E-state index < -0.39 is 11.8 Å². The Bertz CT molecular complexity index is 1020. The maximum Gasteiger partial charge on any atom is 0.313 e. The van der Waals surface area contributed by atoms with Gasteiger partial charge in [-0.3, -0.25) is 14.6 Å². The lowest BCUT2D eigenvalue weighted by Crippen LogP contribution is -2.42. The van der Waals surface area contributed by atoms with E-state index in [4.69, 9.17) is 0 Å². The molecule has 130 valence electrons. The van der Waals surface area contributed by atoms with Crippen molar-refractivity contribution in [2.45, 2.75) is 13.0 Å². The summed E-state index contributed by atoms with van der Waals surface area (Å²) >= 11 is 0. The molecule has 0 aliphatic carbocycles. The minimum atomic E-state index is -0.670. The van der Waals surface area contributed by atoms with E-state index in [1.54, 1.807) is 36.5 Å². The number of pyridine rings is 1. The molecule has 0 bridgehead atoms. The van der Waals surface area contributed by atoms with Crippen molar-refractivity contribution in [1.82, 2.24) is 9.88 Å². The highest BCUT2D eigenvalue weighted by Crippen LogP contribution is 2.23. The van der Waals surface area contributed by atoms with Gasteiger partial charge in [0.15, 0.2) is 0 Å². The average molecular weight is 347 g/mol. The molecule has 0 saturated carbocycles. The van der Waals surface area contributed by atoms with Gasteiger partial charge in [-0.1, -0.05) is 12.1 Å². The molecule has 0 spiro atoms. The van der Waals surface area contributed by atoms with Crippen molar-refractivity contribution in [2.75, 3.05) is 11.9 Å². The fourth-order valence-corrected chi connectivity index (χ4v) is 3.20. The lowest BCUT2D eigenvalue weighted by molar-refractivity contribution is -0.143. The summed E-state index contributed by atoms with van der Waals surface area (Å²) in [5.41, 5.74) is 3.34. The van der Waals surface area contributed by atoms with Crippen LogP contribution >= 0.6 is 0 Å². The molecule has 0 radical (unpaired) electrons. The van der Waals surface area contributed by atoms with Crippen LogP contribution in [0.3, 0.4) is 0 Å². The van der Waals surface area contributed by atoms with E-state index in [1.807, 2.05) is 18.2 Å².